The molecule has 31 heavy (non-hydrogen) atoms. The van der Waals surface area contributed by atoms with Crippen molar-refractivity contribution in [1.82, 2.24) is 4.90 Å². The minimum absolute atomic E-state index is 0.0104. The topological polar surface area (TPSA) is 159 Å². The van der Waals surface area contributed by atoms with Crippen LogP contribution in [0.15, 0.2) is 36.4 Å². The monoisotopic (exact) mass is 441 g/mol. The number of nitro groups is 2. The molecule has 0 aliphatic carbocycles. The van der Waals surface area contributed by atoms with Crippen molar-refractivity contribution in [1.29, 1.82) is 5.26 Å². The molecule has 1 aliphatic heterocycles. The maximum atomic E-state index is 13.1. The van der Waals surface area contributed by atoms with E-state index in [2.05, 4.69) is 5.32 Å². The number of anilines is 1. The van der Waals surface area contributed by atoms with Gasteiger partial charge >= 0.3 is 0 Å². The van der Waals surface area contributed by atoms with E-state index in [-0.39, 0.29) is 17.0 Å². The van der Waals surface area contributed by atoms with Gasteiger partial charge in [0.25, 0.3) is 17.3 Å². The maximum Gasteiger partial charge on any atom is 0.279 e. The first kappa shape index (κ1) is 21.7. The Morgan fingerprint density at radius 3 is 2.45 bits per heavy atom. The summed E-state index contributed by atoms with van der Waals surface area (Å²) in [5.41, 5.74) is -0.457. The van der Waals surface area contributed by atoms with Crippen LogP contribution in [0.3, 0.4) is 0 Å². The zero-order valence-corrected chi connectivity index (χ0v) is 16.9. The average molecular weight is 441 g/mol. The molecule has 0 radical (unpaired) electrons. The minimum atomic E-state index is -0.870. The van der Waals surface area contributed by atoms with Crippen molar-refractivity contribution in [3.63, 3.8) is 0 Å². The van der Waals surface area contributed by atoms with E-state index >= 15 is 0 Å². The molecule has 1 N–H and O–H groups in total. The van der Waals surface area contributed by atoms with Crippen molar-refractivity contribution in [2.24, 2.45) is 0 Å². The van der Waals surface area contributed by atoms with Crippen LogP contribution in [0.1, 0.15) is 21.5 Å². The van der Waals surface area contributed by atoms with Gasteiger partial charge in [0.05, 0.1) is 39.0 Å². The molecule has 12 heteroatoms. The number of amides is 2. The van der Waals surface area contributed by atoms with Gasteiger partial charge in [0, 0.05) is 23.1 Å². The number of benzene rings is 2. The van der Waals surface area contributed by atoms with Gasteiger partial charge in [0.15, 0.2) is 0 Å². The molecule has 1 heterocycles. The molecule has 1 aliphatic rings. The van der Waals surface area contributed by atoms with Crippen LogP contribution in [0.25, 0.3) is 0 Å². The van der Waals surface area contributed by atoms with E-state index in [9.17, 15) is 29.8 Å². The fourth-order valence-electron chi connectivity index (χ4n) is 3.07. The van der Waals surface area contributed by atoms with E-state index in [1.54, 1.807) is 12.1 Å². The van der Waals surface area contributed by atoms with Crippen LogP contribution >= 0.6 is 11.8 Å². The van der Waals surface area contributed by atoms with Gasteiger partial charge in [-0.2, -0.15) is 5.26 Å². The molecule has 11 nitrogen and oxygen atoms in total. The van der Waals surface area contributed by atoms with Gasteiger partial charge in [-0.05, 0) is 31.2 Å². The van der Waals surface area contributed by atoms with E-state index < -0.39 is 39.1 Å². The van der Waals surface area contributed by atoms with Crippen molar-refractivity contribution in [2.45, 2.75) is 13.0 Å². The molecule has 1 fully saturated rings. The number of nitro benzene ring substituents is 2. The van der Waals surface area contributed by atoms with E-state index in [0.717, 1.165) is 12.1 Å². The number of hydrogen-bond donors (Lipinski definition) is 1. The van der Waals surface area contributed by atoms with Gasteiger partial charge < -0.3 is 10.2 Å². The lowest BCUT2D eigenvalue weighted by atomic mass is 10.0. The average Bonchev–Trinajstić information content (AvgIpc) is 3.23. The van der Waals surface area contributed by atoms with Crippen molar-refractivity contribution in [3.8, 4) is 6.07 Å². The highest BCUT2D eigenvalue weighted by Crippen LogP contribution is 2.31. The standard InChI is InChI=1S/C19H15N5O6S/c1-11-15(6-14(23(27)28)7-16(11)24(29)30)19(26)22-10-31-9-17(22)18(25)21-13-4-2-12(8-20)3-5-13/h2-7,17H,9-10H2,1H3,(H,21,25). The minimum Gasteiger partial charge on any atom is -0.324 e. The smallest absolute Gasteiger partial charge is 0.279 e. The fraction of sp³-hybridized carbons (Fsp3) is 0.211. The predicted octanol–water partition coefficient (Wildman–Crippen LogP) is 2.84. The number of nitrogens with zero attached hydrogens (tertiary/aromatic N) is 4. The van der Waals surface area contributed by atoms with Gasteiger partial charge in [-0.1, -0.05) is 0 Å². The van der Waals surface area contributed by atoms with Crippen molar-refractivity contribution in [2.75, 3.05) is 16.9 Å². The molecule has 0 aromatic heterocycles. The SMILES string of the molecule is Cc1c(C(=O)N2CSCC2C(=O)Nc2ccc(C#N)cc2)cc([N+](=O)[O-])cc1[N+](=O)[O-]. The Balaban J connectivity index is 1.88. The summed E-state index contributed by atoms with van der Waals surface area (Å²) in [5.74, 6) is -0.723. The lowest BCUT2D eigenvalue weighted by molar-refractivity contribution is -0.394. The van der Waals surface area contributed by atoms with E-state index in [1.165, 1.54) is 35.7 Å². The number of non-ortho nitro benzene ring substituents is 1. The van der Waals surface area contributed by atoms with Crippen LogP contribution in [0.2, 0.25) is 0 Å². The first-order valence-electron chi connectivity index (χ1n) is 8.86. The van der Waals surface area contributed by atoms with E-state index in [1.807, 2.05) is 6.07 Å². The van der Waals surface area contributed by atoms with Crippen LogP contribution in [0.5, 0.6) is 0 Å². The number of rotatable bonds is 5. The summed E-state index contributed by atoms with van der Waals surface area (Å²) >= 11 is 1.32. The third-order valence-electron chi connectivity index (χ3n) is 4.73. The summed E-state index contributed by atoms with van der Waals surface area (Å²) in [6.07, 6.45) is 0. The van der Waals surface area contributed by atoms with E-state index in [0.29, 0.717) is 17.0 Å². The number of carbonyl (C=O) groups excluding carboxylic acids is 2. The molecule has 2 amide bonds. The third-order valence-corrected chi connectivity index (χ3v) is 5.74. The van der Waals surface area contributed by atoms with Gasteiger partial charge in [-0.15, -0.1) is 11.8 Å². The molecule has 158 valence electrons. The summed E-state index contributed by atoms with van der Waals surface area (Å²) in [6.45, 7) is 1.34. The van der Waals surface area contributed by atoms with Gasteiger partial charge in [-0.25, -0.2) is 0 Å². The Labute approximate surface area is 179 Å². The highest BCUT2D eigenvalue weighted by molar-refractivity contribution is 7.99. The van der Waals surface area contributed by atoms with Crippen molar-refractivity contribution < 1.29 is 19.4 Å². The molecule has 2 aromatic rings. The second kappa shape index (κ2) is 8.80. The Morgan fingerprint density at radius 2 is 1.87 bits per heavy atom. The summed E-state index contributed by atoms with van der Waals surface area (Å²) in [6, 6.07) is 9.07. The lowest BCUT2D eigenvalue weighted by Crippen LogP contribution is -2.44. The second-order valence-corrected chi connectivity index (χ2v) is 7.62. The Morgan fingerprint density at radius 1 is 1.19 bits per heavy atom. The summed E-state index contributed by atoms with van der Waals surface area (Å²) in [7, 11) is 0. The molecule has 1 unspecified atom stereocenters. The maximum absolute atomic E-state index is 13.1. The van der Waals surface area contributed by atoms with Crippen molar-refractivity contribution in [3.05, 3.63) is 73.3 Å². The summed E-state index contributed by atoms with van der Waals surface area (Å²) < 4.78 is 0. The van der Waals surface area contributed by atoms with Crippen LogP contribution in [-0.4, -0.2) is 44.2 Å². The van der Waals surface area contributed by atoms with Crippen LogP contribution in [0, 0.1) is 38.5 Å². The largest absolute Gasteiger partial charge is 0.324 e. The van der Waals surface area contributed by atoms with E-state index in [4.69, 9.17) is 5.26 Å². The lowest BCUT2D eigenvalue weighted by Gasteiger charge is -2.23. The molecule has 2 aromatic carbocycles. The van der Waals surface area contributed by atoms with Crippen molar-refractivity contribution >= 4 is 40.6 Å². The first-order valence-corrected chi connectivity index (χ1v) is 10.0. The number of nitrogens with one attached hydrogen (secondary N) is 1. The Hall–Kier alpha value is -3.98. The van der Waals surface area contributed by atoms with Crippen LogP contribution in [-0.2, 0) is 4.79 Å². The Kier molecular flexibility index (Phi) is 6.17. The fourth-order valence-corrected chi connectivity index (χ4v) is 4.22. The molecule has 1 saturated heterocycles. The quantitative estimate of drug-likeness (QED) is 0.547. The highest BCUT2D eigenvalue weighted by Gasteiger charge is 2.37. The highest BCUT2D eigenvalue weighted by atomic mass is 32.2. The molecular formula is C19H15N5O6S. The number of nitriles is 1. The zero-order valence-electron chi connectivity index (χ0n) is 16.1. The molecular weight excluding hydrogens is 426 g/mol. The van der Waals surface area contributed by atoms with Crippen LogP contribution in [0.4, 0.5) is 17.1 Å². The number of thioether (sulfide) groups is 1. The van der Waals surface area contributed by atoms with Gasteiger partial charge in [-0.3, -0.25) is 29.8 Å². The van der Waals surface area contributed by atoms with Gasteiger partial charge in [0.2, 0.25) is 5.91 Å². The second-order valence-electron chi connectivity index (χ2n) is 6.62. The third kappa shape index (κ3) is 4.46. The normalized spacial score (nSPS) is 15.2. The molecule has 3 rings (SSSR count). The summed E-state index contributed by atoms with van der Waals surface area (Å²) in [5, 5.41) is 34.0. The first-order chi connectivity index (χ1) is 14.7. The number of hydrogen-bond acceptors (Lipinski definition) is 8. The molecule has 0 saturated carbocycles. The molecule has 1 atom stereocenters. The zero-order chi connectivity index (χ0) is 22.7. The molecule has 0 bridgehead atoms. The Bertz CT molecular complexity index is 1130. The predicted molar refractivity (Wildman–Crippen MR) is 112 cm³/mol. The summed E-state index contributed by atoms with van der Waals surface area (Å²) in [4.78, 5) is 48.0. The molecule has 0 spiro atoms. The van der Waals surface area contributed by atoms with Crippen LogP contribution < -0.4 is 5.32 Å². The van der Waals surface area contributed by atoms with Gasteiger partial charge in [0.1, 0.15) is 6.04 Å². The number of carbonyl (C=O) groups is 2.